The third-order valence-electron chi connectivity index (χ3n) is 19.3. The number of hydrogen-bond donors (Lipinski definition) is 5. The summed E-state index contributed by atoms with van der Waals surface area (Å²) in [6.45, 7) is 5.69. The largest absolute Gasteiger partial charge is 0.508 e. The molecule has 81 heavy (non-hydrogen) atoms. The van der Waals surface area contributed by atoms with E-state index in [1.54, 1.807) is 31.4 Å². The highest BCUT2D eigenvalue weighted by Crippen LogP contribution is 2.70. The molecule has 1 heterocycles. The molecule has 3 saturated carbocycles. The van der Waals surface area contributed by atoms with Gasteiger partial charge >= 0.3 is 11.9 Å². The van der Waals surface area contributed by atoms with Crippen LogP contribution in [0.25, 0.3) is 28.0 Å². The average Bonchev–Trinajstić information content (AvgIpc) is 1.65. The molecule has 12 nitrogen and oxygen atoms in total. The van der Waals surface area contributed by atoms with Gasteiger partial charge in [-0.2, -0.15) is 0 Å². The smallest absolute Gasteiger partial charge is 0.316 e. The molecule has 12 rings (SSSR count). The monoisotopic (exact) mass is 1090 g/mol. The van der Waals surface area contributed by atoms with E-state index in [1.165, 1.54) is 14.0 Å². The number of carbonyl (C=O) groups is 2. The number of hydrogen-bond acceptors (Lipinski definition) is 12. The third kappa shape index (κ3) is 9.99. The van der Waals surface area contributed by atoms with Crippen LogP contribution in [0.1, 0.15) is 110 Å². The van der Waals surface area contributed by atoms with Gasteiger partial charge in [-0.25, -0.2) is 0 Å². The maximum atomic E-state index is 16.4. The fourth-order valence-corrected chi connectivity index (χ4v) is 15.9. The lowest BCUT2D eigenvalue weighted by atomic mass is 9.40. The van der Waals surface area contributed by atoms with Gasteiger partial charge in [0.2, 0.25) is 0 Å². The Morgan fingerprint density at radius 3 is 2.42 bits per heavy atom. The van der Waals surface area contributed by atoms with Gasteiger partial charge in [-0.3, -0.25) is 9.59 Å². The van der Waals surface area contributed by atoms with Crippen molar-refractivity contribution in [1.82, 2.24) is 5.32 Å². The Labute approximate surface area is 474 Å². The Balaban J connectivity index is 1.04. The number of benzene rings is 6. The fourth-order valence-electron chi connectivity index (χ4n) is 15.9. The highest BCUT2D eigenvalue weighted by Gasteiger charge is 2.65. The van der Waals surface area contributed by atoms with Crippen LogP contribution in [-0.2, 0) is 48.6 Å². The summed E-state index contributed by atoms with van der Waals surface area (Å²) in [7, 11) is 3.07. The zero-order chi connectivity index (χ0) is 56.2. The number of phenolic OH excluding ortho intramolecular Hbond substituents is 3. The minimum absolute atomic E-state index is 0.00460. The van der Waals surface area contributed by atoms with Gasteiger partial charge in [0.1, 0.15) is 18.0 Å². The molecule has 0 radical (unpaired) electrons. The molecule has 6 bridgehead atoms. The normalized spacial score (nSPS) is 29.1. The molecular formula is C69H73NO11. The van der Waals surface area contributed by atoms with Gasteiger partial charge in [-0.1, -0.05) is 91.1 Å². The number of ether oxygens (including phenoxy) is 5. The van der Waals surface area contributed by atoms with E-state index in [2.05, 4.69) is 65.7 Å². The van der Waals surface area contributed by atoms with E-state index in [0.29, 0.717) is 82.7 Å². The molecule has 0 unspecified atom stereocenters. The van der Waals surface area contributed by atoms with Crippen LogP contribution >= 0.6 is 0 Å². The Bertz CT molecular complexity index is 3470. The number of carbonyl (C=O) groups excluding carboxylic acids is 2. The van der Waals surface area contributed by atoms with Gasteiger partial charge < -0.3 is 49.4 Å². The molecule has 6 aromatic carbocycles. The van der Waals surface area contributed by atoms with Crippen LogP contribution in [0.3, 0.4) is 0 Å². The van der Waals surface area contributed by atoms with Gasteiger partial charge in [0.25, 0.3) is 0 Å². The molecule has 0 spiro atoms. The molecule has 5 N–H and O–H groups in total. The van der Waals surface area contributed by atoms with Crippen molar-refractivity contribution in [3.8, 4) is 51.7 Å². The molecule has 0 amide bonds. The first-order valence-corrected chi connectivity index (χ1v) is 29.0. The summed E-state index contributed by atoms with van der Waals surface area (Å²) in [5.41, 5.74) is 6.37. The summed E-state index contributed by atoms with van der Waals surface area (Å²) < 4.78 is 31.6. The number of fused-ring (bicyclic) bond motifs is 11. The summed E-state index contributed by atoms with van der Waals surface area (Å²) in [6.07, 6.45) is 6.26. The molecular weight excluding hydrogens is 1020 g/mol. The number of aliphatic hydroxyl groups excluding tert-OH is 1. The summed E-state index contributed by atoms with van der Waals surface area (Å²) in [5, 5.41) is 52.4. The standard InChI is InChI=1S/C69H73NO11/c1-5-79-39-44-17-16-42-14-10-21-68(36-42,49-19-18-46-24-50(72)30-53(52(46)29-49)45-15-9-13-43(23-45)37-70-38-44)67(76)81-51-31-56-54-34-65(78-4)61(74)27-47(54)25-57-60(73)35-58-55-33-62(75)64(77-3)28-48(55)26-59(63(32-51)80-40(2)71)69(58,66(56)57)22-20-41-11-7-6-8-12-41/h6-9,11-13,15,18-20,22-24,27-30,33-34,42,44,51,56-60,63,66,70,72-75H,5,10,14,21,25-26,31-32,35-39H2,1-4H3/b22-20+/t42-,44-,51+,56-,57-,58+,59-,60+,63-,66+,68-,69-/m1/s1. The van der Waals surface area contributed by atoms with Crippen LogP contribution in [0.4, 0.5) is 0 Å². The van der Waals surface area contributed by atoms with Gasteiger partial charge in [-0.15, -0.1) is 0 Å². The summed E-state index contributed by atoms with van der Waals surface area (Å²) in [4.78, 5) is 30.2. The molecule has 1 aliphatic heterocycles. The second-order valence-electron chi connectivity index (χ2n) is 23.8. The SMILES string of the molecule is CCOC[C@@H]1C#C[C@H]2CCC[C@@](C(=O)O[C@H]3C[C@@H]4c5cc(OC)c(O)cc5C[C@H]5[C@H]4[C@@]4(/C=C/c6ccccc6)[C@H](Cc6cc(OC)c(O)cc6[C@@H]4C[C@@H]5O)[C@H](OC(C)=O)C3)(C2)c2ccc3cc(O)cc(c3c2)-c2cccc(c2)CNC1. The third-order valence-corrected chi connectivity index (χ3v) is 19.3. The van der Waals surface area contributed by atoms with Gasteiger partial charge in [0, 0.05) is 50.3 Å². The molecule has 6 aromatic rings. The quantitative estimate of drug-likeness (QED) is 0.0650. The first-order chi connectivity index (χ1) is 39.3. The number of phenols is 3. The fraction of sp³-hybridized carbons (Fsp3) is 0.420. The minimum Gasteiger partial charge on any atom is -0.508 e. The molecule has 0 saturated heterocycles. The van der Waals surface area contributed by atoms with Crippen molar-refractivity contribution in [2.24, 2.45) is 35.0 Å². The van der Waals surface area contributed by atoms with E-state index in [-0.39, 0.29) is 65.1 Å². The molecule has 420 valence electrons. The lowest BCUT2D eigenvalue weighted by Gasteiger charge is -2.64. The van der Waals surface area contributed by atoms with Crippen LogP contribution in [0.15, 0.2) is 115 Å². The summed E-state index contributed by atoms with van der Waals surface area (Å²) in [5.74, 6) is 5.16. The zero-order valence-corrected chi connectivity index (χ0v) is 46.7. The predicted molar refractivity (Wildman–Crippen MR) is 310 cm³/mol. The topological polar surface area (TPSA) is 173 Å². The lowest BCUT2D eigenvalue weighted by Crippen LogP contribution is -2.62. The van der Waals surface area contributed by atoms with Crippen molar-refractivity contribution < 1.29 is 53.7 Å². The Morgan fingerprint density at radius 1 is 0.815 bits per heavy atom. The second-order valence-corrected chi connectivity index (χ2v) is 23.8. The Morgan fingerprint density at radius 2 is 1.62 bits per heavy atom. The van der Waals surface area contributed by atoms with Crippen LogP contribution in [0.5, 0.6) is 28.7 Å². The van der Waals surface area contributed by atoms with E-state index in [9.17, 15) is 25.2 Å². The number of allylic oxidation sites excluding steroid dienone is 1. The van der Waals surface area contributed by atoms with E-state index < -0.39 is 41.0 Å². The van der Waals surface area contributed by atoms with Crippen molar-refractivity contribution in [3.63, 3.8) is 0 Å². The van der Waals surface area contributed by atoms with Crippen molar-refractivity contribution in [2.45, 2.75) is 114 Å². The van der Waals surface area contributed by atoms with Crippen LogP contribution in [0.2, 0.25) is 0 Å². The summed E-state index contributed by atoms with van der Waals surface area (Å²) >= 11 is 0. The molecule has 0 aromatic heterocycles. The zero-order valence-electron chi connectivity index (χ0n) is 46.7. The lowest BCUT2D eigenvalue weighted by molar-refractivity contribution is -0.179. The average molecular weight is 1090 g/mol. The number of aromatic hydroxyl groups is 3. The predicted octanol–water partition coefficient (Wildman–Crippen LogP) is 11.5. The molecule has 5 aliphatic carbocycles. The Kier molecular flexibility index (Phi) is 14.9. The number of methoxy groups -OCH3 is 2. The molecule has 6 aliphatic rings. The molecule has 12 heteroatoms. The van der Waals surface area contributed by atoms with Gasteiger partial charge in [0.05, 0.1) is 38.3 Å². The Hall–Kier alpha value is -7.30. The molecule has 3 fully saturated rings. The summed E-state index contributed by atoms with van der Waals surface area (Å²) in [6, 6.07) is 35.6. The van der Waals surface area contributed by atoms with E-state index in [4.69, 9.17) is 23.7 Å². The van der Waals surface area contributed by atoms with Crippen LogP contribution < -0.4 is 14.8 Å². The van der Waals surface area contributed by atoms with Crippen molar-refractivity contribution in [1.29, 1.82) is 0 Å². The van der Waals surface area contributed by atoms with Crippen LogP contribution in [0, 0.1) is 46.8 Å². The first-order valence-electron chi connectivity index (χ1n) is 29.0. The number of nitrogens with one attached hydrogen (secondary N) is 1. The van der Waals surface area contributed by atoms with E-state index in [0.717, 1.165) is 67.3 Å². The number of rotatable bonds is 10. The van der Waals surface area contributed by atoms with Crippen molar-refractivity contribution in [2.75, 3.05) is 34.0 Å². The van der Waals surface area contributed by atoms with Crippen LogP contribution in [-0.4, -0.2) is 84.7 Å². The number of aliphatic hydroxyl groups is 1. The highest BCUT2D eigenvalue weighted by molar-refractivity contribution is 5.99. The maximum absolute atomic E-state index is 16.4. The number of esters is 2. The van der Waals surface area contributed by atoms with E-state index in [1.807, 2.05) is 55.5 Å². The first kappa shape index (κ1) is 54.3. The second kappa shape index (κ2) is 22.2. The van der Waals surface area contributed by atoms with Gasteiger partial charge in [-0.05, 0) is 185 Å². The maximum Gasteiger partial charge on any atom is 0.316 e. The highest BCUT2D eigenvalue weighted by atomic mass is 16.6. The van der Waals surface area contributed by atoms with Gasteiger partial charge in [0.15, 0.2) is 23.0 Å². The minimum atomic E-state index is -1.16. The van der Waals surface area contributed by atoms with Crippen molar-refractivity contribution in [3.05, 3.63) is 154 Å². The van der Waals surface area contributed by atoms with Crippen molar-refractivity contribution >= 4 is 28.8 Å². The van der Waals surface area contributed by atoms with E-state index >= 15 is 4.79 Å². The molecule has 12 atom stereocenters.